The highest BCUT2D eigenvalue weighted by Gasteiger charge is 2.42. The van der Waals surface area contributed by atoms with Gasteiger partial charge in [0.1, 0.15) is 16.9 Å². The Morgan fingerprint density at radius 2 is 2.10 bits per heavy atom. The molecule has 4 rings (SSSR count). The lowest BCUT2D eigenvalue weighted by atomic mass is 9.80. The van der Waals surface area contributed by atoms with Crippen molar-refractivity contribution in [1.29, 1.82) is 0 Å². The predicted octanol–water partition coefficient (Wildman–Crippen LogP) is 4.56. The van der Waals surface area contributed by atoms with Crippen LogP contribution in [0.25, 0.3) is 11.0 Å². The highest BCUT2D eigenvalue weighted by Crippen LogP contribution is 2.43. The molecule has 1 amide bonds. The molecule has 3 N–H and O–H groups in total. The molecule has 2 aromatic rings. The van der Waals surface area contributed by atoms with Crippen molar-refractivity contribution >= 4 is 34.7 Å². The number of likely N-dealkylation sites (tertiary alicyclic amines) is 1. The number of imidazole rings is 1. The smallest absolute Gasteiger partial charge is 0.407 e. The molecule has 1 aromatic heterocycles. The van der Waals surface area contributed by atoms with Crippen LogP contribution in [-0.4, -0.2) is 57.6 Å². The number of fused-ring (bicyclic) bond motifs is 1. The second kappa shape index (κ2) is 8.39. The monoisotopic (exact) mass is 450 g/mol. The minimum absolute atomic E-state index is 0.0358. The second-order valence-electron chi connectivity index (χ2n) is 9.54. The summed E-state index contributed by atoms with van der Waals surface area (Å²) < 4.78 is 13.5. The van der Waals surface area contributed by atoms with E-state index in [1.165, 1.54) is 0 Å². The Kier molecular flexibility index (Phi) is 5.96. The van der Waals surface area contributed by atoms with E-state index in [2.05, 4.69) is 25.8 Å². The van der Waals surface area contributed by atoms with Crippen molar-refractivity contribution < 1.29 is 19.4 Å². The molecule has 3 atom stereocenters. The molecular formula is C22H31ClN4O4. The Morgan fingerprint density at radius 3 is 2.74 bits per heavy atom. The minimum atomic E-state index is -0.911. The summed E-state index contributed by atoms with van der Waals surface area (Å²) in [4.78, 5) is 18.3. The molecule has 0 aliphatic carbocycles. The maximum Gasteiger partial charge on any atom is 0.407 e. The van der Waals surface area contributed by atoms with Crippen molar-refractivity contribution in [3.63, 3.8) is 0 Å². The molecule has 0 bridgehead atoms. The molecule has 0 radical (unpaired) electrons. The van der Waals surface area contributed by atoms with E-state index in [1.807, 2.05) is 16.7 Å². The van der Waals surface area contributed by atoms with Crippen molar-refractivity contribution in [2.24, 2.45) is 5.41 Å². The molecule has 3 unspecified atom stereocenters. The SMILES string of the molecule is CC(C)(C)C1C(n2c(N)nc3ccc(OC4CCOC4)c(Cl)c32)CCCCN1C(=O)O. The summed E-state index contributed by atoms with van der Waals surface area (Å²) in [6.45, 7) is 7.92. The third-order valence-corrected chi connectivity index (χ3v) is 6.64. The number of ether oxygens (including phenoxy) is 2. The van der Waals surface area contributed by atoms with Gasteiger partial charge >= 0.3 is 6.09 Å². The fourth-order valence-corrected chi connectivity index (χ4v) is 5.32. The van der Waals surface area contributed by atoms with Gasteiger partial charge in [-0.15, -0.1) is 0 Å². The molecule has 1 aromatic carbocycles. The highest BCUT2D eigenvalue weighted by molar-refractivity contribution is 6.36. The van der Waals surface area contributed by atoms with Crippen LogP contribution in [0.3, 0.4) is 0 Å². The summed E-state index contributed by atoms with van der Waals surface area (Å²) in [5, 5.41) is 10.4. The topological polar surface area (TPSA) is 103 Å². The Hall–Kier alpha value is -2.19. The van der Waals surface area contributed by atoms with Crippen LogP contribution >= 0.6 is 11.6 Å². The van der Waals surface area contributed by atoms with Gasteiger partial charge in [-0.25, -0.2) is 9.78 Å². The number of carbonyl (C=O) groups is 1. The average Bonchev–Trinajstić information content (AvgIpc) is 3.24. The van der Waals surface area contributed by atoms with Gasteiger partial charge in [-0.05, 0) is 36.8 Å². The fraction of sp³-hybridized carbons (Fsp3) is 0.636. The standard InChI is InChI=1S/C22H31ClN4O4/c1-22(2,3)19-15(6-4-5-10-26(19)21(28)29)27-18-14(25-20(27)24)7-8-16(17(18)23)31-13-9-11-30-12-13/h7-8,13,15,19H,4-6,9-12H2,1-3H3,(H2,24,25)(H,28,29). The largest absolute Gasteiger partial charge is 0.486 e. The van der Waals surface area contributed by atoms with E-state index < -0.39 is 6.09 Å². The summed E-state index contributed by atoms with van der Waals surface area (Å²) in [5.41, 5.74) is 7.48. The van der Waals surface area contributed by atoms with Gasteiger partial charge in [-0.3, -0.25) is 0 Å². The lowest BCUT2D eigenvalue weighted by Crippen LogP contribution is -2.51. The number of nitrogens with zero attached hydrogens (tertiary/aromatic N) is 3. The third-order valence-electron chi connectivity index (χ3n) is 6.28. The molecule has 170 valence electrons. The van der Waals surface area contributed by atoms with E-state index in [9.17, 15) is 9.90 Å². The van der Waals surface area contributed by atoms with Gasteiger partial charge in [0.15, 0.2) is 0 Å². The van der Waals surface area contributed by atoms with Crippen molar-refractivity contribution in [1.82, 2.24) is 14.5 Å². The zero-order valence-corrected chi connectivity index (χ0v) is 19.1. The number of hydrogen-bond acceptors (Lipinski definition) is 5. The van der Waals surface area contributed by atoms with E-state index in [0.29, 0.717) is 47.5 Å². The molecule has 9 heteroatoms. The van der Waals surface area contributed by atoms with Gasteiger partial charge in [0.05, 0.1) is 36.3 Å². The number of halogens is 1. The van der Waals surface area contributed by atoms with Crippen molar-refractivity contribution in [3.8, 4) is 5.75 Å². The summed E-state index contributed by atoms with van der Waals surface area (Å²) >= 11 is 6.85. The lowest BCUT2D eigenvalue weighted by Gasteiger charge is -2.42. The van der Waals surface area contributed by atoms with Crippen molar-refractivity contribution in [2.45, 2.75) is 64.6 Å². The Morgan fingerprint density at radius 1 is 1.32 bits per heavy atom. The number of rotatable bonds is 3. The Balaban J connectivity index is 1.84. The van der Waals surface area contributed by atoms with Crippen LogP contribution in [0, 0.1) is 5.41 Å². The fourth-order valence-electron chi connectivity index (χ4n) is 5.03. The van der Waals surface area contributed by atoms with Gasteiger partial charge in [-0.1, -0.05) is 32.4 Å². The molecule has 0 spiro atoms. The first kappa shape index (κ1) is 22.0. The Bertz CT molecular complexity index is 965. The second-order valence-corrected chi connectivity index (χ2v) is 9.92. The van der Waals surface area contributed by atoms with E-state index in [0.717, 1.165) is 25.7 Å². The van der Waals surface area contributed by atoms with Gasteiger partial charge in [0.2, 0.25) is 5.95 Å². The lowest BCUT2D eigenvalue weighted by molar-refractivity contribution is 0.0610. The van der Waals surface area contributed by atoms with Crippen LogP contribution in [0.4, 0.5) is 10.7 Å². The normalized spacial score (nSPS) is 25.0. The van der Waals surface area contributed by atoms with E-state index in [1.54, 1.807) is 4.90 Å². The molecule has 31 heavy (non-hydrogen) atoms. The van der Waals surface area contributed by atoms with Crippen LogP contribution < -0.4 is 10.5 Å². The van der Waals surface area contributed by atoms with Gasteiger partial charge < -0.3 is 29.8 Å². The number of nitrogen functional groups attached to an aromatic ring is 1. The molecule has 8 nitrogen and oxygen atoms in total. The zero-order chi connectivity index (χ0) is 22.3. The van der Waals surface area contributed by atoms with Crippen molar-refractivity contribution in [3.05, 3.63) is 17.2 Å². The van der Waals surface area contributed by atoms with Crippen LogP contribution in [0.2, 0.25) is 5.02 Å². The maximum atomic E-state index is 12.2. The zero-order valence-electron chi connectivity index (χ0n) is 18.3. The number of amides is 1. The summed E-state index contributed by atoms with van der Waals surface area (Å²) in [6.07, 6.45) is 2.37. The highest BCUT2D eigenvalue weighted by atomic mass is 35.5. The number of aromatic nitrogens is 2. The van der Waals surface area contributed by atoms with E-state index in [4.69, 9.17) is 26.8 Å². The molecule has 2 fully saturated rings. The first-order valence-electron chi connectivity index (χ1n) is 10.9. The predicted molar refractivity (Wildman–Crippen MR) is 120 cm³/mol. The number of nitrogens with two attached hydrogens (primary N) is 1. The molecule has 2 aliphatic heterocycles. The minimum Gasteiger partial charge on any atom is -0.486 e. The summed E-state index contributed by atoms with van der Waals surface area (Å²) in [5.74, 6) is 0.909. The van der Waals surface area contributed by atoms with Gasteiger partial charge in [0, 0.05) is 13.0 Å². The molecule has 2 saturated heterocycles. The van der Waals surface area contributed by atoms with Gasteiger partial charge in [0.25, 0.3) is 0 Å². The molecular weight excluding hydrogens is 420 g/mol. The number of anilines is 1. The third kappa shape index (κ3) is 4.15. The summed E-state index contributed by atoms with van der Waals surface area (Å²) in [6, 6.07) is 3.21. The first-order valence-corrected chi connectivity index (χ1v) is 11.3. The molecule has 0 saturated carbocycles. The number of carboxylic acid groups (broad SMARTS) is 1. The Labute approximate surface area is 187 Å². The molecule has 2 aliphatic rings. The van der Waals surface area contributed by atoms with Crippen LogP contribution in [0.1, 0.15) is 52.5 Å². The van der Waals surface area contributed by atoms with Crippen LogP contribution in [-0.2, 0) is 4.74 Å². The first-order chi connectivity index (χ1) is 14.7. The average molecular weight is 451 g/mol. The van der Waals surface area contributed by atoms with E-state index >= 15 is 0 Å². The quantitative estimate of drug-likeness (QED) is 0.710. The van der Waals surface area contributed by atoms with Gasteiger partial charge in [-0.2, -0.15) is 0 Å². The van der Waals surface area contributed by atoms with E-state index in [-0.39, 0.29) is 23.6 Å². The number of benzene rings is 1. The summed E-state index contributed by atoms with van der Waals surface area (Å²) in [7, 11) is 0. The van der Waals surface area contributed by atoms with Crippen molar-refractivity contribution in [2.75, 3.05) is 25.5 Å². The van der Waals surface area contributed by atoms with Crippen LogP contribution in [0.15, 0.2) is 12.1 Å². The number of hydrogen-bond donors (Lipinski definition) is 2. The van der Waals surface area contributed by atoms with Crippen LogP contribution in [0.5, 0.6) is 5.75 Å². The maximum absolute atomic E-state index is 12.2. The molecule has 3 heterocycles.